The summed E-state index contributed by atoms with van der Waals surface area (Å²) in [7, 11) is 0. The van der Waals surface area contributed by atoms with Crippen molar-refractivity contribution < 1.29 is 4.79 Å². The van der Waals surface area contributed by atoms with Crippen LogP contribution in [0.3, 0.4) is 0 Å². The molecule has 4 rings (SSSR count). The van der Waals surface area contributed by atoms with E-state index in [1.807, 2.05) is 44.2 Å². The number of aromatic nitrogens is 2. The number of nitrogens with one attached hydrogen (secondary N) is 3. The number of pyridine rings is 2. The fraction of sp³-hybridized carbons (Fsp3) is 0.192. The van der Waals surface area contributed by atoms with Crippen LogP contribution >= 0.6 is 0 Å². The molecule has 172 valence electrons. The summed E-state index contributed by atoms with van der Waals surface area (Å²) in [5.74, 6) is -0.188. The van der Waals surface area contributed by atoms with Crippen LogP contribution in [0, 0.1) is 5.41 Å². The lowest BCUT2D eigenvalue weighted by atomic mass is 9.92. The Balaban J connectivity index is 1.36. The minimum absolute atomic E-state index is 0.188. The summed E-state index contributed by atoms with van der Waals surface area (Å²) in [4.78, 5) is 45.0. The van der Waals surface area contributed by atoms with Crippen molar-refractivity contribution in [2.45, 2.75) is 13.8 Å². The summed E-state index contributed by atoms with van der Waals surface area (Å²) in [5, 5.41) is 8.98. The molecule has 2 aromatic heterocycles. The van der Waals surface area contributed by atoms with Crippen molar-refractivity contribution in [2.75, 3.05) is 23.7 Å². The molecule has 0 aliphatic rings. The zero-order valence-corrected chi connectivity index (χ0v) is 19.0. The Morgan fingerprint density at radius 3 is 2.26 bits per heavy atom. The SMILES string of the molecule is CC(C)(CNC(=O)c1cccc(-c2cccnc2)c1)CNc1c(Nc2cccnc2)c(=O)c1=O. The van der Waals surface area contributed by atoms with E-state index in [9.17, 15) is 14.4 Å². The molecule has 0 spiro atoms. The molecule has 0 aliphatic carbocycles. The van der Waals surface area contributed by atoms with Gasteiger partial charge in [-0.25, -0.2) is 0 Å². The van der Waals surface area contributed by atoms with Gasteiger partial charge in [-0.1, -0.05) is 32.0 Å². The van der Waals surface area contributed by atoms with Crippen LogP contribution in [0.15, 0.2) is 82.9 Å². The standard InChI is InChI=1S/C26H25N5O3/c1-26(2,15-29-21-22(24(33)23(21)32)31-20-9-5-11-28-14-20)16-30-25(34)18-7-3-6-17(12-18)19-8-4-10-27-13-19/h3-14,29,31H,15-16H2,1-2H3,(H,30,34). The first-order valence-corrected chi connectivity index (χ1v) is 10.9. The quantitative estimate of drug-likeness (QED) is 0.332. The van der Waals surface area contributed by atoms with Crippen molar-refractivity contribution in [2.24, 2.45) is 5.41 Å². The van der Waals surface area contributed by atoms with E-state index < -0.39 is 10.9 Å². The highest BCUT2D eigenvalue weighted by atomic mass is 16.2. The molecule has 0 saturated carbocycles. The maximum atomic E-state index is 12.8. The smallest absolute Gasteiger partial charge is 0.253 e. The van der Waals surface area contributed by atoms with E-state index in [-0.39, 0.29) is 22.7 Å². The molecule has 0 aliphatic heterocycles. The van der Waals surface area contributed by atoms with Gasteiger partial charge in [0.25, 0.3) is 16.8 Å². The second kappa shape index (κ2) is 9.66. The summed E-state index contributed by atoms with van der Waals surface area (Å²) in [6.45, 7) is 4.68. The molecule has 8 heteroatoms. The molecule has 3 N–H and O–H groups in total. The van der Waals surface area contributed by atoms with Gasteiger partial charge in [0, 0.05) is 42.8 Å². The molecule has 4 aromatic rings. The normalized spacial score (nSPS) is 11.2. The third kappa shape index (κ3) is 5.17. The van der Waals surface area contributed by atoms with Crippen molar-refractivity contribution in [1.82, 2.24) is 15.3 Å². The molecule has 1 amide bonds. The summed E-state index contributed by atoms with van der Waals surface area (Å²) in [6.07, 6.45) is 6.66. The number of anilines is 3. The Morgan fingerprint density at radius 2 is 1.56 bits per heavy atom. The van der Waals surface area contributed by atoms with Crippen molar-refractivity contribution in [3.8, 4) is 11.1 Å². The molecule has 0 saturated heterocycles. The molecular weight excluding hydrogens is 430 g/mol. The second-order valence-electron chi connectivity index (χ2n) is 8.80. The maximum absolute atomic E-state index is 12.8. The molecule has 0 bridgehead atoms. The molecule has 0 unspecified atom stereocenters. The number of hydrogen-bond donors (Lipinski definition) is 3. The van der Waals surface area contributed by atoms with Gasteiger partial charge in [-0.05, 0) is 41.3 Å². The first kappa shape index (κ1) is 22.8. The van der Waals surface area contributed by atoms with E-state index in [1.54, 1.807) is 43.0 Å². The molecule has 0 radical (unpaired) electrons. The molecule has 0 atom stereocenters. The van der Waals surface area contributed by atoms with Crippen LogP contribution in [0.4, 0.5) is 17.1 Å². The summed E-state index contributed by atoms with van der Waals surface area (Å²) >= 11 is 0. The summed E-state index contributed by atoms with van der Waals surface area (Å²) < 4.78 is 0. The lowest BCUT2D eigenvalue weighted by molar-refractivity contribution is 0.0938. The van der Waals surface area contributed by atoms with Crippen LogP contribution in [-0.2, 0) is 0 Å². The zero-order chi connectivity index (χ0) is 24.1. The number of benzene rings is 1. The van der Waals surface area contributed by atoms with E-state index in [4.69, 9.17) is 0 Å². The van der Waals surface area contributed by atoms with Crippen LogP contribution < -0.4 is 26.8 Å². The van der Waals surface area contributed by atoms with Gasteiger partial charge in [0.2, 0.25) is 0 Å². The lowest BCUT2D eigenvalue weighted by Gasteiger charge is -2.27. The van der Waals surface area contributed by atoms with Crippen molar-refractivity contribution in [3.63, 3.8) is 0 Å². The number of nitrogens with zero attached hydrogens (tertiary/aromatic N) is 2. The fourth-order valence-electron chi connectivity index (χ4n) is 3.45. The van der Waals surface area contributed by atoms with E-state index >= 15 is 0 Å². The fourth-order valence-corrected chi connectivity index (χ4v) is 3.45. The van der Waals surface area contributed by atoms with Gasteiger partial charge in [-0.3, -0.25) is 24.4 Å². The average molecular weight is 456 g/mol. The molecule has 8 nitrogen and oxygen atoms in total. The third-order valence-corrected chi connectivity index (χ3v) is 5.43. The minimum Gasteiger partial charge on any atom is -0.379 e. The highest BCUT2D eigenvalue weighted by Crippen LogP contribution is 2.23. The Morgan fingerprint density at radius 1 is 0.853 bits per heavy atom. The third-order valence-electron chi connectivity index (χ3n) is 5.43. The first-order valence-electron chi connectivity index (χ1n) is 10.9. The zero-order valence-electron chi connectivity index (χ0n) is 19.0. The van der Waals surface area contributed by atoms with E-state index in [0.29, 0.717) is 24.3 Å². The van der Waals surface area contributed by atoms with E-state index in [1.165, 1.54) is 0 Å². The lowest BCUT2D eigenvalue weighted by Crippen LogP contribution is -2.42. The highest BCUT2D eigenvalue weighted by molar-refractivity contribution is 5.95. The Bertz CT molecular complexity index is 1360. The minimum atomic E-state index is -0.564. The van der Waals surface area contributed by atoms with Crippen LogP contribution in [0.25, 0.3) is 11.1 Å². The Hall–Kier alpha value is -4.33. The monoisotopic (exact) mass is 455 g/mol. The number of hydrogen-bond acceptors (Lipinski definition) is 7. The number of amides is 1. The van der Waals surface area contributed by atoms with Gasteiger partial charge in [0.05, 0.1) is 11.9 Å². The van der Waals surface area contributed by atoms with Crippen LogP contribution in [0.5, 0.6) is 0 Å². The van der Waals surface area contributed by atoms with Crippen LogP contribution in [0.1, 0.15) is 24.2 Å². The van der Waals surface area contributed by atoms with Gasteiger partial charge < -0.3 is 16.0 Å². The largest absolute Gasteiger partial charge is 0.379 e. The summed E-state index contributed by atoms with van der Waals surface area (Å²) in [6, 6.07) is 14.7. The predicted octanol–water partition coefficient (Wildman–Crippen LogP) is 3.35. The van der Waals surface area contributed by atoms with E-state index in [0.717, 1.165) is 11.1 Å². The van der Waals surface area contributed by atoms with Gasteiger partial charge in [-0.2, -0.15) is 0 Å². The number of carbonyl (C=O) groups excluding carboxylic acids is 1. The van der Waals surface area contributed by atoms with Crippen molar-refractivity contribution in [1.29, 1.82) is 0 Å². The first-order chi connectivity index (χ1) is 16.3. The summed E-state index contributed by atoms with van der Waals surface area (Å²) in [5.41, 5.74) is 1.99. The van der Waals surface area contributed by atoms with Gasteiger partial charge in [0.15, 0.2) is 0 Å². The molecular formula is C26H25N5O3. The van der Waals surface area contributed by atoms with Crippen molar-refractivity contribution >= 4 is 23.0 Å². The van der Waals surface area contributed by atoms with Crippen molar-refractivity contribution in [3.05, 3.63) is 99.3 Å². The average Bonchev–Trinajstić information content (AvgIpc) is 2.87. The van der Waals surface area contributed by atoms with Crippen LogP contribution in [0.2, 0.25) is 0 Å². The number of carbonyl (C=O) groups is 1. The van der Waals surface area contributed by atoms with Gasteiger partial charge in [0.1, 0.15) is 11.4 Å². The predicted molar refractivity (Wildman–Crippen MR) is 133 cm³/mol. The highest BCUT2D eigenvalue weighted by Gasteiger charge is 2.25. The molecule has 34 heavy (non-hydrogen) atoms. The van der Waals surface area contributed by atoms with Crippen LogP contribution in [-0.4, -0.2) is 29.0 Å². The Kier molecular flexibility index (Phi) is 6.49. The topological polar surface area (TPSA) is 113 Å². The molecule has 2 aromatic carbocycles. The van der Waals surface area contributed by atoms with Gasteiger partial charge >= 0.3 is 0 Å². The Labute approximate surface area is 196 Å². The van der Waals surface area contributed by atoms with Gasteiger partial charge in [-0.15, -0.1) is 0 Å². The van der Waals surface area contributed by atoms with E-state index in [2.05, 4.69) is 25.9 Å². The molecule has 0 fully saturated rings. The second-order valence-corrected chi connectivity index (χ2v) is 8.80. The number of rotatable bonds is 9. The molecule has 2 heterocycles. The maximum Gasteiger partial charge on any atom is 0.253 e.